The summed E-state index contributed by atoms with van der Waals surface area (Å²) in [5.41, 5.74) is 0. The van der Waals surface area contributed by atoms with Gasteiger partial charge < -0.3 is 4.74 Å². The van der Waals surface area contributed by atoms with E-state index in [9.17, 15) is 4.79 Å². The number of thiocarbonyl (C=S) groups is 1. The molecule has 2 nitrogen and oxygen atoms in total. The molecule has 11 heavy (non-hydrogen) atoms. The average molecular weight is 168 g/mol. The molecule has 0 radical (unpaired) electrons. The number of rotatable bonds is 5. The first-order valence-electron chi connectivity index (χ1n) is 2.85. The maximum atomic E-state index is 9.85. The number of ether oxygens (including phenoxy) is 1. The first kappa shape index (κ1) is 9.78. The van der Waals surface area contributed by atoms with E-state index in [1.807, 2.05) is 0 Å². The Morgan fingerprint density at radius 1 is 1.55 bits per heavy atom. The molecule has 0 saturated carbocycles. The number of carbonyl (C=O) groups is 1. The zero-order valence-corrected chi connectivity index (χ0v) is 6.76. The van der Waals surface area contributed by atoms with Crippen molar-refractivity contribution < 1.29 is 9.53 Å². The van der Waals surface area contributed by atoms with E-state index in [0.29, 0.717) is 16.9 Å². The van der Waals surface area contributed by atoms with Gasteiger partial charge in [0, 0.05) is 0 Å². The second kappa shape index (κ2) is 5.56. The molecule has 0 rings (SSSR count). The average Bonchev–Trinajstić information content (AvgIpc) is 2.00. The molecule has 58 valence electrons. The highest BCUT2D eigenvalue weighted by Gasteiger charge is 1.95. The molecule has 0 aromatic heterocycles. The Hall–Kier alpha value is -1.22. The van der Waals surface area contributed by atoms with Crippen LogP contribution in [-0.2, 0) is 9.53 Å². The molecule has 0 bridgehead atoms. The van der Waals surface area contributed by atoms with Crippen LogP contribution in [0.5, 0.6) is 0 Å². The molecule has 0 aromatic carbocycles. The van der Waals surface area contributed by atoms with Gasteiger partial charge in [-0.3, -0.25) is 4.79 Å². The molecule has 0 spiro atoms. The van der Waals surface area contributed by atoms with Crippen LogP contribution in [0.3, 0.4) is 0 Å². The van der Waals surface area contributed by atoms with Gasteiger partial charge in [0.05, 0.1) is 11.1 Å². The maximum absolute atomic E-state index is 9.85. The van der Waals surface area contributed by atoms with E-state index in [-0.39, 0.29) is 0 Å². The molecule has 0 unspecified atom stereocenters. The van der Waals surface area contributed by atoms with Crippen molar-refractivity contribution in [2.24, 2.45) is 0 Å². The van der Waals surface area contributed by atoms with Gasteiger partial charge in [-0.2, -0.15) is 0 Å². The molecule has 0 atom stereocenters. The van der Waals surface area contributed by atoms with Crippen LogP contribution in [0, 0.1) is 0 Å². The normalized spacial score (nSPS) is 9.09. The monoisotopic (exact) mass is 168 g/mol. The van der Waals surface area contributed by atoms with Crippen molar-refractivity contribution in [3.05, 3.63) is 37.3 Å². The Labute approximate surface area is 70.9 Å². The number of hydrogen-bond acceptors (Lipinski definition) is 3. The Balaban J connectivity index is 4.02. The molecular weight excluding hydrogens is 160 g/mol. The molecule has 0 N–H and O–H groups in total. The first-order valence-corrected chi connectivity index (χ1v) is 3.26. The number of carbonyl (C=O) groups excluding carboxylic acids is 1. The van der Waals surface area contributed by atoms with Gasteiger partial charge in [-0.05, 0) is 12.2 Å². The van der Waals surface area contributed by atoms with Crippen LogP contribution in [0.2, 0.25) is 0 Å². The van der Waals surface area contributed by atoms with Crippen molar-refractivity contribution in [1.29, 1.82) is 0 Å². The van der Waals surface area contributed by atoms with Gasteiger partial charge in [-0.1, -0.05) is 25.4 Å². The molecule has 3 heteroatoms. The summed E-state index contributed by atoms with van der Waals surface area (Å²) in [6.07, 6.45) is 4.57. The Morgan fingerprint density at radius 2 is 2.18 bits per heavy atom. The Bertz CT molecular complexity index is 216. The highest BCUT2D eigenvalue weighted by atomic mass is 32.1. The van der Waals surface area contributed by atoms with Crippen molar-refractivity contribution >= 4 is 23.4 Å². The summed E-state index contributed by atoms with van der Waals surface area (Å²) in [7, 11) is 0. The van der Waals surface area contributed by atoms with Crippen LogP contribution < -0.4 is 0 Å². The molecule has 0 aromatic rings. The molecule has 0 heterocycles. The zero-order valence-electron chi connectivity index (χ0n) is 5.95. The van der Waals surface area contributed by atoms with Crippen LogP contribution in [0.25, 0.3) is 0 Å². The van der Waals surface area contributed by atoms with Gasteiger partial charge in [0.1, 0.15) is 12.0 Å². The van der Waals surface area contributed by atoms with Crippen LogP contribution >= 0.6 is 12.2 Å². The molecule has 0 aliphatic rings. The Morgan fingerprint density at radius 3 is 2.64 bits per heavy atom. The third-order valence-corrected chi connectivity index (χ3v) is 1.19. The van der Waals surface area contributed by atoms with Crippen molar-refractivity contribution in [2.75, 3.05) is 0 Å². The second-order valence-electron chi connectivity index (χ2n) is 1.57. The third-order valence-electron chi connectivity index (χ3n) is 0.827. The fraction of sp³-hybridized carbons (Fsp3) is 0. The van der Waals surface area contributed by atoms with Crippen LogP contribution in [0.1, 0.15) is 0 Å². The SMILES string of the molecule is C=COC(=C)C(=S)/C=C\C=O. The lowest BCUT2D eigenvalue weighted by atomic mass is 10.3. The van der Waals surface area contributed by atoms with E-state index in [1.165, 1.54) is 18.4 Å². The topological polar surface area (TPSA) is 26.3 Å². The summed E-state index contributed by atoms with van der Waals surface area (Å²) in [6.45, 7) is 6.82. The molecular formula is C8H8O2S. The second-order valence-corrected chi connectivity index (χ2v) is 2.01. The molecule has 0 aliphatic heterocycles. The highest BCUT2D eigenvalue weighted by Crippen LogP contribution is 1.98. The Kier molecular flexibility index (Phi) is 4.94. The van der Waals surface area contributed by atoms with Gasteiger partial charge in [0.15, 0.2) is 0 Å². The lowest BCUT2D eigenvalue weighted by molar-refractivity contribution is -0.104. The summed E-state index contributed by atoms with van der Waals surface area (Å²) < 4.78 is 4.76. The number of hydrogen-bond donors (Lipinski definition) is 0. The fourth-order valence-electron chi connectivity index (χ4n) is 0.378. The largest absolute Gasteiger partial charge is 0.465 e. The van der Waals surface area contributed by atoms with Crippen LogP contribution in [-0.4, -0.2) is 11.2 Å². The number of allylic oxidation sites excluding steroid dienone is 2. The minimum absolute atomic E-state index is 0.313. The first-order chi connectivity index (χ1) is 5.22. The minimum Gasteiger partial charge on any atom is -0.465 e. The van der Waals surface area contributed by atoms with E-state index in [2.05, 4.69) is 13.2 Å². The van der Waals surface area contributed by atoms with Crippen molar-refractivity contribution in [1.82, 2.24) is 0 Å². The third kappa shape index (κ3) is 4.22. The van der Waals surface area contributed by atoms with Crippen molar-refractivity contribution in [2.45, 2.75) is 0 Å². The zero-order chi connectivity index (χ0) is 8.69. The van der Waals surface area contributed by atoms with Crippen molar-refractivity contribution in [3.8, 4) is 0 Å². The van der Waals surface area contributed by atoms with E-state index >= 15 is 0 Å². The summed E-state index contributed by atoms with van der Waals surface area (Å²) in [4.78, 5) is 10.2. The van der Waals surface area contributed by atoms with Gasteiger partial charge in [-0.25, -0.2) is 0 Å². The molecule has 0 aliphatic carbocycles. The van der Waals surface area contributed by atoms with Gasteiger partial charge in [0.25, 0.3) is 0 Å². The minimum atomic E-state index is 0.313. The van der Waals surface area contributed by atoms with Gasteiger partial charge >= 0.3 is 0 Å². The number of aldehydes is 1. The van der Waals surface area contributed by atoms with E-state index in [4.69, 9.17) is 17.0 Å². The van der Waals surface area contributed by atoms with Gasteiger partial charge in [0.2, 0.25) is 0 Å². The summed E-state index contributed by atoms with van der Waals surface area (Å²) in [5, 5.41) is 0. The fourth-order valence-corrected chi connectivity index (χ4v) is 0.505. The highest BCUT2D eigenvalue weighted by molar-refractivity contribution is 7.81. The molecule has 0 fully saturated rings. The van der Waals surface area contributed by atoms with E-state index < -0.39 is 0 Å². The smallest absolute Gasteiger partial charge is 0.142 e. The maximum Gasteiger partial charge on any atom is 0.142 e. The standard InChI is InChI=1S/C8H8O2S/c1-3-10-7(2)8(11)5-4-6-9/h3-6H,1-2H2/b5-4-. The quantitative estimate of drug-likeness (QED) is 0.271. The molecule has 0 saturated heterocycles. The predicted molar refractivity (Wildman–Crippen MR) is 48.2 cm³/mol. The summed E-state index contributed by atoms with van der Waals surface area (Å²) in [5.74, 6) is 0.313. The lowest BCUT2D eigenvalue weighted by Gasteiger charge is -1.99. The summed E-state index contributed by atoms with van der Waals surface area (Å²) >= 11 is 4.79. The van der Waals surface area contributed by atoms with Gasteiger partial charge in [-0.15, -0.1) is 0 Å². The summed E-state index contributed by atoms with van der Waals surface area (Å²) in [6, 6.07) is 0. The van der Waals surface area contributed by atoms with Crippen molar-refractivity contribution in [3.63, 3.8) is 0 Å². The van der Waals surface area contributed by atoms with Crippen LogP contribution in [0.4, 0.5) is 0 Å². The predicted octanol–water partition coefficient (Wildman–Crippen LogP) is 1.79. The lowest BCUT2D eigenvalue weighted by Crippen LogP contribution is -1.94. The van der Waals surface area contributed by atoms with E-state index in [1.54, 1.807) is 0 Å². The molecule has 0 amide bonds. The van der Waals surface area contributed by atoms with E-state index in [0.717, 1.165) is 0 Å². The van der Waals surface area contributed by atoms with Crippen LogP contribution in [0.15, 0.2) is 37.3 Å².